The Morgan fingerprint density at radius 1 is 1.22 bits per heavy atom. The molecule has 1 unspecified atom stereocenters. The standard InChI is InChI=1S/C27H26F4N2O4/c1-13-22-14(2)32-33(17-7-5-16(28)6-8-17)21(22)12-15-4-9-18-20(26(13,15)3)11-10-19(24(34)35)23(18)25(36)37-27(29,30)31/h5-8,11-13,18-19,23H,4,9-10H2,1-3H3,(H,34,35)/t13?,18-,19-,23-,26-/m0/s1. The van der Waals surface area contributed by atoms with Gasteiger partial charge in [-0.05, 0) is 68.4 Å². The number of nitrogens with zero attached hydrogens (tertiary/aromatic N) is 2. The first-order valence-electron chi connectivity index (χ1n) is 12.1. The van der Waals surface area contributed by atoms with Crippen LogP contribution in [0, 0.1) is 35.9 Å². The number of aliphatic carboxylic acids is 1. The number of carbonyl (C=O) groups excluding carboxylic acids is 1. The number of carboxylic acids is 1. The number of halogens is 4. The lowest BCUT2D eigenvalue weighted by molar-refractivity contribution is -0.309. The molecule has 1 N–H and O–H groups in total. The van der Waals surface area contributed by atoms with E-state index in [0.717, 1.165) is 28.1 Å². The van der Waals surface area contributed by atoms with E-state index >= 15 is 0 Å². The van der Waals surface area contributed by atoms with E-state index in [-0.39, 0.29) is 18.2 Å². The van der Waals surface area contributed by atoms with Crippen molar-refractivity contribution in [2.45, 2.75) is 52.3 Å². The molecule has 0 radical (unpaired) electrons. The highest BCUT2D eigenvalue weighted by atomic mass is 19.4. The summed E-state index contributed by atoms with van der Waals surface area (Å²) in [6, 6.07) is 6.00. The largest absolute Gasteiger partial charge is 0.575 e. The molecule has 0 spiro atoms. The van der Waals surface area contributed by atoms with Crippen molar-refractivity contribution >= 4 is 18.0 Å². The van der Waals surface area contributed by atoms with Crippen LogP contribution < -0.4 is 0 Å². The molecular formula is C27H26F4N2O4. The molecule has 6 nitrogen and oxygen atoms in total. The van der Waals surface area contributed by atoms with Gasteiger partial charge in [0.1, 0.15) is 5.82 Å². The number of esters is 1. The number of allylic oxidation sites excluding steroid dienone is 3. The Morgan fingerprint density at radius 3 is 2.51 bits per heavy atom. The quantitative estimate of drug-likeness (QED) is 0.309. The molecule has 5 rings (SSSR count). The zero-order valence-corrected chi connectivity index (χ0v) is 20.5. The highest BCUT2D eigenvalue weighted by Crippen LogP contribution is 2.62. The summed E-state index contributed by atoms with van der Waals surface area (Å²) in [6.45, 7) is 5.90. The fourth-order valence-electron chi connectivity index (χ4n) is 6.69. The summed E-state index contributed by atoms with van der Waals surface area (Å²) in [5.41, 5.74) is 4.44. The third-order valence-electron chi connectivity index (χ3n) is 8.48. The first-order valence-corrected chi connectivity index (χ1v) is 12.1. The molecule has 0 saturated heterocycles. The molecule has 10 heteroatoms. The molecule has 2 aromatic rings. The lowest BCUT2D eigenvalue weighted by Crippen LogP contribution is -2.48. The van der Waals surface area contributed by atoms with E-state index in [1.807, 2.05) is 26.8 Å². The van der Waals surface area contributed by atoms with Crippen molar-refractivity contribution in [2.24, 2.45) is 23.2 Å². The van der Waals surface area contributed by atoms with Crippen LogP contribution in [0.3, 0.4) is 0 Å². The second-order valence-electron chi connectivity index (χ2n) is 10.2. The maximum Gasteiger partial charge on any atom is 0.575 e. The van der Waals surface area contributed by atoms with Gasteiger partial charge in [-0.25, -0.2) is 9.07 Å². The van der Waals surface area contributed by atoms with Crippen LogP contribution in [0.5, 0.6) is 0 Å². The Kier molecular flexibility index (Phi) is 5.84. The van der Waals surface area contributed by atoms with Crippen LogP contribution >= 0.6 is 0 Å². The van der Waals surface area contributed by atoms with Crippen LogP contribution in [0.2, 0.25) is 0 Å². The van der Waals surface area contributed by atoms with Gasteiger partial charge in [0.25, 0.3) is 0 Å². The van der Waals surface area contributed by atoms with Crippen LogP contribution in [-0.4, -0.2) is 33.2 Å². The van der Waals surface area contributed by atoms with Crippen molar-refractivity contribution in [2.75, 3.05) is 0 Å². The zero-order chi connectivity index (χ0) is 26.9. The van der Waals surface area contributed by atoms with E-state index in [1.54, 1.807) is 22.9 Å². The van der Waals surface area contributed by atoms with E-state index in [9.17, 15) is 32.3 Å². The van der Waals surface area contributed by atoms with Gasteiger partial charge in [-0.15, -0.1) is 13.2 Å². The molecule has 3 aliphatic carbocycles. The van der Waals surface area contributed by atoms with Gasteiger partial charge >= 0.3 is 18.3 Å². The fraction of sp³-hybridized carbons (Fsp3) is 0.444. The molecular weight excluding hydrogens is 492 g/mol. The van der Waals surface area contributed by atoms with Gasteiger partial charge in [-0.2, -0.15) is 5.10 Å². The smallest absolute Gasteiger partial charge is 0.481 e. The lowest BCUT2D eigenvalue weighted by atomic mass is 9.51. The monoisotopic (exact) mass is 518 g/mol. The molecule has 37 heavy (non-hydrogen) atoms. The topological polar surface area (TPSA) is 81.4 Å². The lowest BCUT2D eigenvalue weighted by Gasteiger charge is -2.52. The molecule has 196 valence electrons. The fourth-order valence-corrected chi connectivity index (χ4v) is 6.69. The van der Waals surface area contributed by atoms with Crippen molar-refractivity contribution in [3.63, 3.8) is 0 Å². The molecule has 0 amide bonds. The van der Waals surface area contributed by atoms with Crippen molar-refractivity contribution < 1.29 is 37.0 Å². The summed E-state index contributed by atoms with van der Waals surface area (Å²) in [7, 11) is 0. The predicted molar refractivity (Wildman–Crippen MR) is 125 cm³/mol. The van der Waals surface area contributed by atoms with E-state index in [2.05, 4.69) is 4.74 Å². The van der Waals surface area contributed by atoms with Gasteiger partial charge < -0.3 is 9.84 Å². The molecule has 1 heterocycles. The minimum atomic E-state index is -5.19. The minimum absolute atomic E-state index is 0.0605. The number of ether oxygens (including phenoxy) is 1. The van der Waals surface area contributed by atoms with Crippen LogP contribution in [0.25, 0.3) is 11.8 Å². The second-order valence-corrected chi connectivity index (χ2v) is 10.2. The maximum absolute atomic E-state index is 13.5. The molecule has 1 aromatic heterocycles. The van der Waals surface area contributed by atoms with Crippen molar-refractivity contribution in [1.82, 2.24) is 9.78 Å². The Balaban J connectivity index is 1.59. The molecule has 3 aliphatic rings. The van der Waals surface area contributed by atoms with Crippen molar-refractivity contribution in [3.8, 4) is 5.69 Å². The number of benzene rings is 1. The number of rotatable bonds is 3. The highest BCUT2D eigenvalue weighted by Gasteiger charge is 2.56. The summed E-state index contributed by atoms with van der Waals surface area (Å²) in [5.74, 6) is -6.81. The van der Waals surface area contributed by atoms with Crippen LogP contribution in [0.15, 0.2) is 41.5 Å². The summed E-state index contributed by atoms with van der Waals surface area (Å²) in [6.07, 6.45) is -0.630. The number of carboxylic acid groups (broad SMARTS) is 1. The Hall–Kier alpha value is -3.43. The first-order chi connectivity index (χ1) is 17.3. The SMILES string of the molecule is Cc1nn(-c2ccc(F)cc2)c2c1C(C)[C@@]1(C)C(=C2)CC[C@H]2C1=CC[C@H](C(=O)O)[C@H]2C(=O)OC(F)(F)F. The van der Waals surface area contributed by atoms with Gasteiger partial charge in [-0.1, -0.05) is 31.1 Å². The summed E-state index contributed by atoms with van der Waals surface area (Å²) < 4.78 is 57.9. The Bertz CT molecular complexity index is 1340. The van der Waals surface area contributed by atoms with Gasteiger partial charge in [-0.3, -0.25) is 9.59 Å². The van der Waals surface area contributed by atoms with Crippen molar-refractivity contribution in [3.05, 3.63) is 64.3 Å². The van der Waals surface area contributed by atoms with Crippen LogP contribution in [-0.2, 0) is 14.3 Å². The second kappa shape index (κ2) is 8.56. The number of hydrogen-bond donors (Lipinski definition) is 1. The molecule has 5 atom stereocenters. The summed E-state index contributed by atoms with van der Waals surface area (Å²) >= 11 is 0. The molecule has 0 bridgehead atoms. The minimum Gasteiger partial charge on any atom is -0.481 e. The van der Waals surface area contributed by atoms with Crippen molar-refractivity contribution in [1.29, 1.82) is 0 Å². The normalized spacial score (nSPS) is 28.8. The number of alkyl halides is 3. The number of aromatic nitrogens is 2. The van der Waals surface area contributed by atoms with E-state index < -0.39 is 41.5 Å². The van der Waals surface area contributed by atoms with E-state index in [1.165, 1.54) is 12.1 Å². The number of aryl methyl sites for hydroxylation is 1. The van der Waals surface area contributed by atoms with Crippen LogP contribution in [0.4, 0.5) is 17.6 Å². The molecule has 1 fully saturated rings. The Labute approximate surface area is 210 Å². The number of carbonyl (C=O) groups is 2. The number of hydrogen-bond acceptors (Lipinski definition) is 4. The summed E-state index contributed by atoms with van der Waals surface area (Å²) in [4.78, 5) is 24.6. The summed E-state index contributed by atoms with van der Waals surface area (Å²) in [5, 5.41) is 14.4. The maximum atomic E-state index is 13.5. The molecule has 1 saturated carbocycles. The van der Waals surface area contributed by atoms with Gasteiger partial charge in [0.05, 0.1) is 28.9 Å². The van der Waals surface area contributed by atoms with Gasteiger partial charge in [0.2, 0.25) is 0 Å². The number of fused-ring (bicyclic) bond motifs is 4. The van der Waals surface area contributed by atoms with Gasteiger partial charge in [0.15, 0.2) is 0 Å². The van der Waals surface area contributed by atoms with Crippen LogP contribution in [0.1, 0.15) is 56.0 Å². The predicted octanol–water partition coefficient (Wildman–Crippen LogP) is 5.95. The third-order valence-corrected chi connectivity index (χ3v) is 8.48. The average Bonchev–Trinajstić information content (AvgIpc) is 3.14. The molecule has 0 aliphatic heterocycles. The Morgan fingerprint density at radius 2 is 1.89 bits per heavy atom. The van der Waals surface area contributed by atoms with E-state index in [4.69, 9.17) is 5.10 Å². The average molecular weight is 519 g/mol. The molecule has 1 aromatic carbocycles. The third kappa shape index (κ3) is 3.97. The first kappa shape index (κ1) is 25.2. The zero-order valence-electron chi connectivity index (χ0n) is 20.5. The van der Waals surface area contributed by atoms with E-state index in [0.29, 0.717) is 18.5 Å². The highest BCUT2D eigenvalue weighted by molar-refractivity contribution is 5.83. The van der Waals surface area contributed by atoms with Gasteiger partial charge in [0, 0.05) is 11.0 Å².